The Balaban J connectivity index is 2.60. The lowest BCUT2D eigenvalue weighted by molar-refractivity contribution is -0.128. The van der Waals surface area contributed by atoms with Gasteiger partial charge in [0.05, 0.1) is 11.4 Å². The van der Waals surface area contributed by atoms with E-state index in [0.717, 1.165) is 42.7 Å². The molecule has 0 spiro atoms. The Morgan fingerprint density at radius 1 is 1.12 bits per heavy atom. The average Bonchev–Trinajstić information content (AvgIpc) is 2.62. The number of carbonyl (C=O) groups is 1. The van der Waals surface area contributed by atoms with Gasteiger partial charge in [-0.3, -0.25) is 10.0 Å². The zero-order valence-electron chi connectivity index (χ0n) is 15.1. The maximum Gasteiger partial charge on any atom is 0.256 e. The first-order valence-corrected chi connectivity index (χ1v) is 9.89. The standard InChI is InChI=1S/C19H31NO3S/c1-4-7-8-9-10-18(19(21)20-22)24-17-13-11-16(12-14-17)23-15(5-2)6-3/h11-15,18,22H,4-10H2,1-3H3,(H,20,21). The van der Waals surface area contributed by atoms with Crippen LogP contribution in [0.15, 0.2) is 29.2 Å². The van der Waals surface area contributed by atoms with Gasteiger partial charge in [-0.05, 0) is 43.5 Å². The summed E-state index contributed by atoms with van der Waals surface area (Å²) in [4.78, 5) is 12.9. The van der Waals surface area contributed by atoms with Gasteiger partial charge in [0, 0.05) is 4.90 Å². The molecule has 1 atom stereocenters. The maximum absolute atomic E-state index is 11.9. The van der Waals surface area contributed by atoms with Crippen molar-refractivity contribution < 1.29 is 14.7 Å². The highest BCUT2D eigenvalue weighted by Crippen LogP contribution is 2.29. The van der Waals surface area contributed by atoms with Crippen LogP contribution in [0, 0.1) is 0 Å². The molecule has 136 valence electrons. The van der Waals surface area contributed by atoms with Crippen LogP contribution in [0.25, 0.3) is 0 Å². The van der Waals surface area contributed by atoms with Gasteiger partial charge in [0.2, 0.25) is 0 Å². The van der Waals surface area contributed by atoms with E-state index < -0.39 is 0 Å². The molecule has 0 aliphatic rings. The Labute approximate surface area is 150 Å². The summed E-state index contributed by atoms with van der Waals surface area (Å²) < 4.78 is 5.90. The number of nitrogens with one attached hydrogen (secondary N) is 1. The van der Waals surface area contributed by atoms with Gasteiger partial charge in [0.1, 0.15) is 5.75 Å². The van der Waals surface area contributed by atoms with E-state index in [-0.39, 0.29) is 17.3 Å². The topological polar surface area (TPSA) is 58.6 Å². The summed E-state index contributed by atoms with van der Waals surface area (Å²) in [6, 6.07) is 7.86. The van der Waals surface area contributed by atoms with Crippen molar-refractivity contribution in [3.05, 3.63) is 24.3 Å². The molecule has 0 fully saturated rings. The van der Waals surface area contributed by atoms with Gasteiger partial charge in [-0.15, -0.1) is 11.8 Å². The molecule has 0 saturated heterocycles. The molecule has 1 aromatic carbocycles. The van der Waals surface area contributed by atoms with Crippen LogP contribution in [0.3, 0.4) is 0 Å². The average molecular weight is 354 g/mol. The minimum Gasteiger partial charge on any atom is -0.490 e. The molecule has 1 rings (SSSR count). The second-order valence-electron chi connectivity index (χ2n) is 5.96. The monoisotopic (exact) mass is 353 g/mol. The van der Waals surface area contributed by atoms with Gasteiger partial charge >= 0.3 is 0 Å². The molecular weight excluding hydrogens is 322 g/mol. The van der Waals surface area contributed by atoms with Crippen molar-refractivity contribution in [1.82, 2.24) is 5.48 Å². The summed E-state index contributed by atoms with van der Waals surface area (Å²) in [6.45, 7) is 6.40. The summed E-state index contributed by atoms with van der Waals surface area (Å²) >= 11 is 1.49. The van der Waals surface area contributed by atoms with Crippen LogP contribution in [0.1, 0.15) is 65.7 Å². The summed E-state index contributed by atoms with van der Waals surface area (Å²) in [6.07, 6.45) is 7.46. The predicted octanol–water partition coefficient (Wildman–Crippen LogP) is 5.19. The van der Waals surface area contributed by atoms with Gasteiger partial charge in [-0.25, -0.2) is 5.48 Å². The Kier molecular flexibility index (Phi) is 10.6. The highest BCUT2D eigenvalue weighted by molar-refractivity contribution is 8.00. The Morgan fingerprint density at radius 2 is 1.79 bits per heavy atom. The summed E-state index contributed by atoms with van der Waals surface area (Å²) in [5.41, 5.74) is 1.79. The lowest BCUT2D eigenvalue weighted by Crippen LogP contribution is -2.30. The summed E-state index contributed by atoms with van der Waals surface area (Å²) in [7, 11) is 0. The van der Waals surface area contributed by atoms with Gasteiger partial charge in [-0.1, -0.05) is 46.5 Å². The molecular formula is C19H31NO3S. The summed E-state index contributed by atoms with van der Waals surface area (Å²) in [5.74, 6) is 0.535. The molecule has 24 heavy (non-hydrogen) atoms. The number of amides is 1. The van der Waals surface area contributed by atoms with Crippen molar-refractivity contribution in [2.24, 2.45) is 0 Å². The second-order valence-corrected chi connectivity index (χ2v) is 7.24. The Morgan fingerprint density at radius 3 is 2.33 bits per heavy atom. The third kappa shape index (κ3) is 7.58. The van der Waals surface area contributed by atoms with E-state index in [0.29, 0.717) is 0 Å². The molecule has 1 amide bonds. The maximum atomic E-state index is 11.9. The van der Waals surface area contributed by atoms with Crippen LogP contribution < -0.4 is 10.2 Å². The Bertz CT molecular complexity index is 460. The number of hydroxylamine groups is 1. The van der Waals surface area contributed by atoms with E-state index in [4.69, 9.17) is 9.94 Å². The number of hydrogen-bond donors (Lipinski definition) is 2. The quantitative estimate of drug-likeness (QED) is 0.235. The zero-order chi connectivity index (χ0) is 17.8. The lowest BCUT2D eigenvalue weighted by atomic mass is 10.1. The number of benzene rings is 1. The van der Waals surface area contributed by atoms with E-state index in [9.17, 15) is 4.79 Å². The number of rotatable bonds is 12. The predicted molar refractivity (Wildman–Crippen MR) is 99.8 cm³/mol. The molecule has 4 nitrogen and oxygen atoms in total. The van der Waals surface area contributed by atoms with Crippen molar-refractivity contribution in [3.8, 4) is 5.75 Å². The van der Waals surface area contributed by atoms with Gasteiger partial charge in [0.25, 0.3) is 5.91 Å². The van der Waals surface area contributed by atoms with E-state index in [1.807, 2.05) is 24.3 Å². The largest absolute Gasteiger partial charge is 0.490 e. The highest BCUT2D eigenvalue weighted by Gasteiger charge is 2.19. The van der Waals surface area contributed by atoms with Crippen molar-refractivity contribution in [2.45, 2.75) is 82.0 Å². The molecule has 0 radical (unpaired) electrons. The SMILES string of the molecule is CCCCCCC(Sc1ccc(OC(CC)CC)cc1)C(=O)NO. The normalized spacial score (nSPS) is 12.2. The second kappa shape index (κ2) is 12.2. The first-order chi connectivity index (χ1) is 11.6. The molecule has 2 N–H and O–H groups in total. The number of thioether (sulfide) groups is 1. The smallest absolute Gasteiger partial charge is 0.256 e. The zero-order valence-corrected chi connectivity index (χ0v) is 15.9. The molecule has 0 aliphatic carbocycles. The van der Waals surface area contributed by atoms with E-state index in [1.165, 1.54) is 24.6 Å². The number of hydrogen-bond acceptors (Lipinski definition) is 4. The van der Waals surface area contributed by atoms with E-state index >= 15 is 0 Å². The summed E-state index contributed by atoms with van der Waals surface area (Å²) in [5, 5.41) is 8.68. The van der Waals surface area contributed by atoms with Crippen LogP contribution in [-0.4, -0.2) is 22.5 Å². The third-order valence-corrected chi connectivity index (χ3v) is 5.32. The molecule has 1 aromatic rings. The third-order valence-electron chi connectivity index (χ3n) is 4.04. The van der Waals surface area contributed by atoms with Crippen LogP contribution in [0.5, 0.6) is 5.75 Å². The first kappa shape index (κ1) is 20.8. The fourth-order valence-corrected chi connectivity index (χ4v) is 3.55. The molecule has 1 unspecified atom stereocenters. The molecule has 0 aromatic heterocycles. The van der Waals surface area contributed by atoms with E-state index in [2.05, 4.69) is 20.8 Å². The van der Waals surface area contributed by atoms with Crippen LogP contribution in [0.2, 0.25) is 0 Å². The minimum absolute atomic E-state index is 0.245. The fourth-order valence-electron chi connectivity index (χ4n) is 2.48. The number of carbonyl (C=O) groups excluding carboxylic acids is 1. The van der Waals surface area contributed by atoms with Crippen molar-refractivity contribution in [1.29, 1.82) is 0 Å². The van der Waals surface area contributed by atoms with Gasteiger partial charge in [-0.2, -0.15) is 0 Å². The van der Waals surface area contributed by atoms with Crippen LogP contribution >= 0.6 is 11.8 Å². The van der Waals surface area contributed by atoms with E-state index in [1.54, 1.807) is 5.48 Å². The molecule has 0 bridgehead atoms. The van der Waals surface area contributed by atoms with Crippen LogP contribution in [-0.2, 0) is 4.79 Å². The lowest BCUT2D eigenvalue weighted by Gasteiger charge is -2.17. The van der Waals surface area contributed by atoms with Crippen molar-refractivity contribution in [3.63, 3.8) is 0 Å². The number of unbranched alkanes of at least 4 members (excludes halogenated alkanes) is 3. The first-order valence-electron chi connectivity index (χ1n) is 9.01. The highest BCUT2D eigenvalue weighted by atomic mass is 32.2. The van der Waals surface area contributed by atoms with Crippen LogP contribution in [0.4, 0.5) is 0 Å². The Hall–Kier alpha value is -1.20. The number of ether oxygens (including phenoxy) is 1. The van der Waals surface area contributed by atoms with Crippen molar-refractivity contribution in [2.75, 3.05) is 0 Å². The molecule has 0 aliphatic heterocycles. The van der Waals surface area contributed by atoms with Gasteiger partial charge in [0.15, 0.2) is 0 Å². The molecule has 0 saturated carbocycles. The minimum atomic E-state index is -0.325. The van der Waals surface area contributed by atoms with Crippen molar-refractivity contribution >= 4 is 17.7 Å². The fraction of sp³-hybridized carbons (Fsp3) is 0.632. The van der Waals surface area contributed by atoms with Gasteiger partial charge < -0.3 is 4.74 Å². The molecule has 0 heterocycles. The molecule has 5 heteroatoms.